The highest BCUT2D eigenvalue weighted by Gasteiger charge is 1.86. The molecule has 13 heteroatoms. The van der Waals surface area contributed by atoms with Crippen molar-refractivity contribution in [3.05, 3.63) is 44.5 Å². The molecule has 40 heavy (non-hydrogen) atoms. The number of amides is 1. The van der Waals surface area contributed by atoms with Crippen molar-refractivity contribution >= 4 is 34.5 Å². The van der Waals surface area contributed by atoms with Gasteiger partial charge in [-0.25, -0.2) is 14.9 Å². The Labute approximate surface area is 254 Å². The third-order valence-corrected chi connectivity index (χ3v) is 2.59. The molecule has 3 aromatic rings. The summed E-state index contributed by atoms with van der Waals surface area (Å²) >= 11 is 5.98. The van der Waals surface area contributed by atoms with Crippen molar-refractivity contribution < 1.29 is 4.79 Å². The predicted octanol–water partition coefficient (Wildman–Crippen LogP) is 7.22. The number of primary amides is 1. The lowest BCUT2D eigenvalue weighted by Crippen LogP contribution is -2.01. The number of hydrogen-bond donors (Lipinski definition) is 5. The van der Waals surface area contributed by atoms with E-state index in [0.717, 1.165) is 16.7 Å². The highest BCUT2D eigenvalue weighted by Crippen LogP contribution is 1.98. The molecule has 0 spiro atoms. The van der Waals surface area contributed by atoms with Gasteiger partial charge in [0, 0.05) is 18.5 Å². The summed E-state index contributed by atoms with van der Waals surface area (Å²) in [6.45, 7) is 34.4. The van der Waals surface area contributed by atoms with E-state index in [2.05, 4.69) is 53.3 Å². The van der Waals surface area contributed by atoms with Crippen LogP contribution in [0.4, 0.5) is 0 Å². The molecule has 0 saturated heterocycles. The molecule has 3 aromatic heterocycles. The quantitative estimate of drug-likeness (QED) is 0.165. The topological polar surface area (TPSA) is 185 Å². The second-order valence-corrected chi connectivity index (χ2v) is 6.75. The first-order valence-corrected chi connectivity index (χ1v) is 15.1. The molecule has 0 aliphatic carbocycles. The van der Waals surface area contributed by atoms with Crippen LogP contribution < -0.4 is 17.2 Å². The summed E-state index contributed by atoms with van der Waals surface area (Å²) in [6.07, 6.45) is 1.81. The fourth-order valence-corrected chi connectivity index (χ4v) is 1.54. The van der Waals surface area contributed by atoms with Crippen LogP contribution in [0.25, 0.3) is 0 Å². The van der Waals surface area contributed by atoms with Gasteiger partial charge in [-0.3, -0.25) is 19.9 Å². The maximum atomic E-state index is 10.1. The number of rotatable bonds is 0. The number of thiocarbonyl (C=S) groups is 1. The highest BCUT2D eigenvalue weighted by molar-refractivity contribution is 7.80. The van der Waals surface area contributed by atoms with E-state index in [9.17, 15) is 9.59 Å². The van der Waals surface area contributed by atoms with Crippen molar-refractivity contribution in [1.82, 2.24) is 35.3 Å². The summed E-state index contributed by atoms with van der Waals surface area (Å²) in [7, 11) is 0. The lowest BCUT2D eigenvalue weighted by Gasteiger charge is -1.68. The number of hydrogen-bond acceptors (Lipinski definition) is 8. The predicted molar refractivity (Wildman–Crippen MR) is 182 cm³/mol. The van der Waals surface area contributed by atoms with E-state index < -0.39 is 0 Å². The first-order valence-electron chi connectivity index (χ1n) is 13.8. The van der Waals surface area contributed by atoms with Gasteiger partial charge in [-0.15, -0.1) is 11.3 Å². The zero-order chi connectivity index (χ0) is 34.1. The monoisotopic (exact) mass is 609 g/mol. The Morgan fingerprint density at radius 1 is 0.775 bits per heavy atom. The van der Waals surface area contributed by atoms with Crippen molar-refractivity contribution in [1.29, 1.82) is 0 Å². The van der Waals surface area contributed by atoms with Crippen LogP contribution >= 0.6 is 23.6 Å². The van der Waals surface area contributed by atoms with Gasteiger partial charge in [-0.1, -0.05) is 95.3 Å². The number of nitrogens with two attached hydrogens (primary N) is 2. The largest absolute Gasteiger partial charge is 0.394 e. The zero-order valence-electron chi connectivity index (χ0n) is 28.7. The van der Waals surface area contributed by atoms with E-state index >= 15 is 0 Å². The van der Waals surface area contributed by atoms with Crippen molar-refractivity contribution in [2.24, 2.45) is 11.5 Å². The molecule has 0 aliphatic rings. The van der Waals surface area contributed by atoms with E-state index in [1.807, 2.05) is 109 Å². The van der Waals surface area contributed by atoms with Gasteiger partial charge in [0.1, 0.15) is 17.5 Å². The molecule has 0 bridgehead atoms. The molecule has 0 atom stereocenters. The molecule has 0 radical (unpaired) electrons. The van der Waals surface area contributed by atoms with E-state index in [-0.39, 0.29) is 11.6 Å². The molecule has 0 saturated carbocycles. The van der Waals surface area contributed by atoms with Crippen molar-refractivity contribution in [3.63, 3.8) is 0 Å². The SMILES string of the molecule is CC.CC.CC.CC.CC.CC.CC(N)=O.CC(N)=S.Cc1n[nH]c(=O)[nH]1.Cc1n[nH]c(C)n1.Cc1nccs1. The van der Waals surface area contributed by atoms with Gasteiger partial charge in [0.15, 0.2) is 0 Å². The fraction of sp³-hybridized carbons (Fsp3) is 0.667. The number of carbonyl (C=O) groups is 1. The van der Waals surface area contributed by atoms with Crippen LogP contribution in [0.3, 0.4) is 0 Å². The molecule has 0 aromatic carbocycles. The summed E-state index contributed by atoms with van der Waals surface area (Å²) in [5, 5.41) is 15.3. The Morgan fingerprint density at radius 3 is 1.23 bits per heavy atom. The molecule has 0 aliphatic heterocycles. The van der Waals surface area contributed by atoms with Gasteiger partial charge in [0.05, 0.1) is 10.00 Å². The Morgan fingerprint density at radius 2 is 1.15 bits per heavy atom. The minimum absolute atomic E-state index is 0.252. The fourth-order valence-electron chi connectivity index (χ4n) is 1.10. The van der Waals surface area contributed by atoms with E-state index in [0.29, 0.717) is 10.8 Å². The number of nitrogens with one attached hydrogen (secondary N) is 3. The normalized spacial score (nSPS) is 6.75. The average molecular weight is 610 g/mol. The summed E-state index contributed by atoms with van der Waals surface area (Å²) in [6, 6.07) is 0. The molecular weight excluding hydrogens is 546 g/mol. The standard InChI is InChI=1S/C4H7N3.C4H5NS.C3H5N3O.C2H5NO.C2H5NS.6C2H6/c1-3-5-4(2)7-6-3;1-4-5-2-3-6-4;1-2-4-3(7)6-5-2;2*1-2(3)4;6*1-2/h1-2H3,(H,5,6,7);2-3H,1H3;1H3,(H2,4,5,6,7);2*1H3,(H2,3,4);6*1-2H3. The molecule has 0 fully saturated rings. The maximum Gasteiger partial charge on any atom is 0.340 e. The van der Waals surface area contributed by atoms with Crippen molar-refractivity contribution in [3.8, 4) is 0 Å². The lowest BCUT2D eigenvalue weighted by atomic mass is 10.7. The first-order chi connectivity index (χ1) is 18.9. The second-order valence-electron chi connectivity index (χ2n) is 5.00. The number of aromatic amines is 3. The van der Waals surface area contributed by atoms with Crippen molar-refractivity contribution in [2.45, 2.75) is 125 Å². The number of H-pyrrole nitrogens is 3. The molecule has 0 unspecified atom stereocenters. The van der Waals surface area contributed by atoms with Crippen LogP contribution in [-0.2, 0) is 4.79 Å². The Hall–Kier alpha value is -2.93. The second kappa shape index (κ2) is 56.3. The molecule has 3 heterocycles. The number of carbonyl (C=O) groups excluding carboxylic acids is 1. The van der Waals surface area contributed by atoms with Crippen LogP contribution in [0.1, 0.15) is 119 Å². The minimum atomic E-state index is -0.333. The van der Waals surface area contributed by atoms with Gasteiger partial charge in [-0.2, -0.15) is 10.2 Å². The van der Waals surface area contributed by atoms with Gasteiger partial charge in [0.2, 0.25) is 5.91 Å². The Kier molecular flexibility index (Phi) is 80.3. The van der Waals surface area contributed by atoms with Crippen LogP contribution in [0.15, 0.2) is 16.4 Å². The van der Waals surface area contributed by atoms with Gasteiger partial charge < -0.3 is 11.5 Å². The van der Waals surface area contributed by atoms with Crippen LogP contribution in [0.5, 0.6) is 0 Å². The highest BCUT2D eigenvalue weighted by atomic mass is 32.1. The summed E-state index contributed by atoms with van der Waals surface area (Å²) in [4.78, 5) is 30.1. The van der Waals surface area contributed by atoms with Crippen LogP contribution in [0, 0.1) is 27.7 Å². The third kappa shape index (κ3) is 83.6. The Balaban J connectivity index is -0.0000000493. The molecule has 3 rings (SSSR count). The van der Waals surface area contributed by atoms with Crippen LogP contribution in [-0.4, -0.2) is 46.2 Å². The molecule has 11 nitrogen and oxygen atoms in total. The number of thiazole rings is 1. The first kappa shape index (κ1) is 57.1. The number of aromatic nitrogens is 7. The summed E-state index contributed by atoms with van der Waals surface area (Å²) < 4.78 is 0. The summed E-state index contributed by atoms with van der Waals surface area (Å²) in [5.41, 5.74) is 9.06. The average Bonchev–Trinajstić information content (AvgIpc) is 3.69. The number of nitrogens with zero attached hydrogens (tertiary/aromatic N) is 4. The minimum Gasteiger partial charge on any atom is -0.394 e. The molecular formula is C27H63N9O2S2. The maximum absolute atomic E-state index is 10.1. The van der Waals surface area contributed by atoms with Crippen LogP contribution in [0.2, 0.25) is 0 Å². The molecule has 1 amide bonds. The zero-order valence-corrected chi connectivity index (χ0v) is 30.4. The van der Waals surface area contributed by atoms with Gasteiger partial charge in [-0.05, 0) is 34.6 Å². The molecule has 7 N–H and O–H groups in total. The van der Waals surface area contributed by atoms with Gasteiger partial charge in [0.25, 0.3) is 0 Å². The van der Waals surface area contributed by atoms with Gasteiger partial charge >= 0.3 is 5.69 Å². The van der Waals surface area contributed by atoms with E-state index in [1.54, 1.807) is 31.4 Å². The lowest BCUT2D eigenvalue weighted by molar-refractivity contribution is -0.115. The summed E-state index contributed by atoms with van der Waals surface area (Å²) in [5.74, 6) is 1.96. The third-order valence-electron chi connectivity index (χ3n) is 1.88. The molecule has 240 valence electrons. The number of aryl methyl sites for hydroxylation is 4. The van der Waals surface area contributed by atoms with Crippen molar-refractivity contribution in [2.75, 3.05) is 0 Å². The van der Waals surface area contributed by atoms with E-state index in [1.165, 1.54) is 6.92 Å². The van der Waals surface area contributed by atoms with E-state index in [4.69, 9.17) is 5.73 Å². The smallest absolute Gasteiger partial charge is 0.340 e. The Bertz CT molecular complexity index is 810.